The summed E-state index contributed by atoms with van der Waals surface area (Å²) in [5.74, 6) is -0.411. The number of esters is 1. The van der Waals surface area contributed by atoms with Gasteiger partial charge in [0.1, 0.15) is 0 Å². The Morgan fingerprint density at radius 3 is 2.50 bits per heavy atom. The van der Waals surface area contributed by atoms with Gasteiger partial charge in [-0.25, -0.2) is 4.79 Å². The summed E-state index contributed by atoms with van der Waals surface area (Å²) >= 11 is 7.70. The number of rotatable bonds is 7. The van der Waals surface area contributed by atoms with Gasteiger partial charge in [0.25, 0.3) is 5.91 Å². The summed E-state index contributed by atoms with van der Waals surface area (Å²) in [6.45, 7) is 3.35. The molecule has 162 valence electrons. The van der Waals surface area contributed by atoms with Crippen LogP contribution in [0.4, 0.5) is 5.69 Å². The molecule has 0 spiro atoms. The van der Waals surface area contributed by atoms with E-state index in [0.29, 0.717) is 27.6 Å². The van der Waals surface area contributed by atoms with E-state index in [4.69, 9.17) is 21.6 Å². The minimum absolute atomic E-state index is 0.392. The Balaban J connectivity index is 1.60. The largest absolute Gasteiger partial charge is 0.452 e. The Labute approximate surface area is 196 Å². The standard InChI is InChI=1S/C25H21ClN2O3S/c1-16-11-17(2)24(21(26)12-16)28-23(29)14-31-25(30)20-5-3-4-6-22(20)32-15-19-9-7-18(13-27)8-10-19/h3-12H,14-15H2,1-2H3,(H,28,29). The third kappa shape index (κ3) is 6.13. The summed E-state index contributed by atoms with van der Waals surface area (Å²) in [6.07, 6.45) is 0. The van der Waals surface area contributed by atoms with Crippen molar-refractivity contribution in [3.63, 3.8) is 0 Å². The number of anilines is 1. The smallest absolute Gasteiger partial charge is 0.339 e. The van der Waals surface area contributed by atoms with E-state index in [-0.39, 0.29) is 0 Å². The number of benzene rings is 3. The number of carbonyl (C=O) groups is 2. The lowest BCUT2D eigenvalue weighted by Gasteiger charge is -2.12. The van der Waals surface area contributed by atoms with E-state index in [0.717, 1.165) is 21.6 Å². The number of amides is 1. The maximum Gasteiger partial charge on any atom is 0.339 e. The molecule has 7 heteroatoms. The maximum atomic E-state index is 12.6. The Hall–Kier alpha value is -3.27. The topological polar surface area (TPSA) is 79.2 Å². The molecular weight excluding hydrogens is 444 g/mol. The van der Waals surface area contributed by atoms with Gasteiger partial charge in [-0.1, -0.05) is 41.9 Å². The van der Waals surface area contributed by atoms with Gasteiger partial charge < -0.3 is 10.1 Å². The number of hydrogen-bond donors (Lipinski definition) is 1. The minimum atomic E-state index is -0.574. The van der Waals surface area contributed by atoms with Gasteiger partial charge in [0, 0.05) is 10.6 Å². The van der Waals surface area contributed by atoms with Crippen molar-refractivity contribution in [2.75, 3.05) is 11.9 Å². The fourth-order valence-electron chi connectivity index (χ4n) is 3.06. The van der Waals surface area contributed by atoms with Crippen molar-refractivity contribution in [2.45, 2.75) is 24.5 Å². The first-order valence-corrected chi connectivity index (χ1v) is 11.2. The molecule has 3 aromatic rings. The first-order valence-electron chi connectivity index (χ1n) is 9.82. The van der Waals surface area contributed by atoms with Crippen LogP contribution in [0, 0.1) is 25.2 Å². The Bertz CT molecular complexity index is 1160. The van der Waals surface area contributed by atoms with E-state index in [1.165, 1.54) is 11.8 Å². The van der Waals surface area contributed by atoms with Gasteiger partial charge >= 0.3 is 5.97 Å². The molecule has 1 amide bonds. The molecular formula is C25H21ClN2O3S. The van der Waals surface area contributed by atoms with Crippen LogP contribution in [0.2, 0.25) is 5.02 Å². The molecule has 0 aliphatic carbocycles. The van der Waals surface area contributed by atoms with Gasteiger partial charge in [0.05, 0.1) is 27.9 Å². The first kappa shape index (κ1) is 23.4. The molecule has 0 saturated carbocycles. The number of carbonyl (C=O) groups excluding carboxylic acids is 2. The van der Waals surface area contributed by atoms with E-state index in [9.17, 15) is 9.59 Å². The lowest BCUT2D eigenvalue weighted by atomic mass is 10.1. The second kappa shape index (κ2) is 10.9. The molecule has 0 bridgehead atoms. The van der Waals surface area contributed by atoms with Crippen molar-refractivity contribution < 1.29 is 14.3 Å². The van der Waals surface area contributed by atoms with Crippen molar-refractivity contribution in [3.8, 4) is 6.07 Å². The van der Waals surface area contributed by atoms with Gasteiger partial charge in [-0.3, -0.25) is 4.79 Å². The summed E-state index contributed by atoms with van der Waals surface area (Å²) in [7, 11) is 0. The number of ether oxygens (including phenoxy) is 1. The number of hydrogen-bond acceptors (Lipinski definition) is 5. The van der Waals surface area contributed by atoms with Crippen LogP contribution in [0.25, 0.3) is 0 Å². The van der Waals surface area contributed by atoms with Crippen molar-refractivity contribution in [1.82, 2.24) is 0 Å². The zero-order valence-electron chi connectivity index (χ0n) is 17.6. The number of nitriles is 1. The molecule has 0 fully saturated rings. The molecule has 5 nitrogen and oxygen atoms in total. The number of nitrogens with one attached hydrogen (secondary N) is 1. The summed E-state index contributed by atoms with van der Waals surface area (Å²) in [6, 6.07) is 20.1. The van der Waals surface area contributed by atoms with Crippen molar-refractivity contribution in [1.29, 1.82) is 5.26 Å². The van der Waals surface area contributed by atoms with Crippen LogP contribution in [0.15, 0.2) is 65.6 Å². The zero-order chi connectivity index (χ0) is 23.1. The summed E-state index contributed by atoms with van der Waals surface area (Å²) < 4.78 is 5.25. The maximum absolute atomic E-state index is 12.6. The monoisotopic (exact) mass is 464 g/mol. The van der Waals surface area contributed by atoms with Crippen LogP contribution in [0.3, 0.4) is 0 Å². The highest BCUT2D eigenvalue weighted by Gasteiger charge is 2.16. The molecule has 0 saturated heterocycles. The molecule has 0 heterocycles. The zero-order valence-corrected chi connectivity index (χ0v) is 19.2. The summed E-state index contributed by atoms with van der Waals surface area (Å²) in [5, 5.41) is 12.0. The Kier molecular flexibility index (Phi) is 7.93. The normalized spacial score (nSPS) is 10.3. The molecule has 0 aliphatic heterocycles. The van der Waals surface area contributed by atoms with Crippen molar-refractivity contribution >= 4 is 40.9 Å². The van der Waals surface area contributed by atoms with Gasteiger partial charge in [-0.15, -0.1) is 11.8 Å². The fourth-order valence-corrected chi connectivity index (χ4v) is 4.42. The van der Waals surface area contributed by atoms with E-state index >= 15 is 0 Å². The van der Waals surface area contributed by atoms with Crippen LogP contribution in [0.1, 0.15) is 32.6 Å². The quantitative estimate of drug-likeness (QED) is 0.347. The van der Waals surface area contributed by atoms with Gasteiger partial charge in [0.2, 0.25) is 0 Å². The van der Waals surface area contributed by atoms with Crippen LogP contribution in [0.5, 0.6) is 0 Å². The van der Waals surface area contributed by atoms with E-state index in [2.05, 4.69) is 11.4 Å². The van der Waals surface area contributed by atoms with Crippen molar-refractivity contribution in [3.05, 3.63) is 93.5 Å². The predicted molar refractivity (Wildman–Crippen MR) is 127 cm³/mol. The Morgan fingerprint density at radius 2 is 1.81 bits per heavy atom. The molecule has 3 aromatic carbocycles. The van der Waals surface area contributed by atoms with Gasteiger partial charge in [0.15, 0.2) is 6.61 Å². The lowest BCUT2D eigenvalue weighted by Crippen LogP contribution is -2.21. The lowest BCUT2D eigenvalue weighted by molar-refractivity contribution is -0.119. The molecule has 3 rings (SSSR count). The number of thioether (sulfide) groups is 1. The highest BCUT2D eigenvalue weighted by atomic mass is 35.5. The van der Waals surface area contributed by atoms with E-state index in [1.54, 1.807) is 30.3 Å². The molecule has 0 radical (unpaired) electrons. The third-order valence-electron chi connectivity index (χ3n) is 4.61. The molecule has 0 aliphatic rings. The van der Waals surface area contributed by atoms with Crippen LogP contribution >= 0.6 is 23.4 Å². The second-order valence-corrected chi connectivity index (χ2v) is 8.58. The number of aryl methyl sites for hydroxylation is 2. The number of halogens is 1. The average Bonchev–Trinajstić information content (AvgIpc) is 2.79. The number of nitrogens with zero attached hydrogens (tertiary/aromatic N) is 1. The summed E-state index contributed by atoms with van der Waals surface area (Å²) in [5.41, 5.74) is 4.36. The summed E-state index contributed by atoms with van der Waals surface area (Å²) in [4.78, 5) is 25.7. The Morgan fingerprint density at radius 1 is 1.09 bits per heavy atom. The highest BCUT2D eigenvalue weighted by Crippen LogP contribution is 2.28. The van der Waals surface area contributed by atoms with Gasteiger partial charge in [-0.05, 0) is 60.9 Å². The molecule has 0 unspecified atom stereocenters. The molecule has 0 aromatic heterocycles. The van der Waals surface area contributed by atoms with E-state index < -0.39 is 18.5 Å². The predicted octanol–water partition coefficient (Wildman–Crippen LogP) is 5.92. The highest BCUT2D eigenvalue weighted by molar-refractivity contribution is 7.98. The third-order valence-corrected chi connectivity index (χ3v) is 6.06. The first-order chi connectivity index (χ1) is 15.4. The van der Waals surface area contributed by atoms with Crippen LogP contribution in [-0.4, -0.2) is 18.5 Å². The van der Waals surface area contributed by atoms with Crippen LogP contribution < -0.4 is 5.32 Å². The minimum Gasteiger partial charge on any atom is -0.452 e. The molecule has 32 heavy (non-hydrogen) atoms. The van der Waals surface area contributed by atoms with Crippen molar-refractivity contribution in [2.24, 2.45) is 0 Å². The average molecular weight is 465 g/mol. The van der Waals surface area contributed by atoms with E-state index in [1.807, 2.05) is 44.2 Å². The molecule has 1 N–H and O–H groups in total. The fraction of sp³-hybridized carbons (Fsp3) is 0.160. The second-order valence-electron chi connectivity index (χ2n) is 7.16. The van der Waals surface area contributed by atoms with Crippen LogP contribution in [-0.2, 0) is 15.3 Å². The van der Waals surface area contributed by atoms with Gasteiger partial charge in [-0.2, -0.15) is 5.26 Å². The molecule has 0 atom stereocenters. The SMILES string of the molecule is Cc1cc(C)c(NC(=O)COC(=O)c2ccccc2SCc2ccc(C#N)cc2)c(Cl)c1.